The molecule has 1 amide bonds. The van der Waals surface area contributed by atoms with Gasteiger partial charge < -0.3 is 10.4 Å². The highest BCUT2D eigenvalue weighted by molar-refractivity contribution is 6.42. The van der Waals surface area contributed by atoms with Gasteiger partial charge in [-0.25, -0.2) is 4.79 Å². The minimum atomic E-state index is -0.979. The topological polar surface area (TPSA) is 52.6 Å². The summed E-state index contributed by atoms with van der Waals surface area (Å²) in [5.41, 5.74) is -0.226. The molecule has 0 bridgehead atoms. The molecule has 4 nitrogen and oxygen atoms in total. The molecule has 0 saturated heterocycles. The largest absolute Gasteiger partial charge is 0.465 e. The summed E-state index contributed by atoms with van der Waals surface area (Å²) in [5, 5.41) is 13.9. The summed E-state index contributed by atoms with van der Waals surface area (Å²) in [5.74, 6) is 0. The summed E-state index contributed by atoms with van der Waals surface area (Å²) in [6.07, 6.45) is 1.21. The molecule has 1 rings (SSSR count). The zero-order valence-electron chi connectivity index (χ0n) is 14.7. The predicted molar refractivity (Wildman–Crippen MR) is 101 cm³/mol. The van der Waals surface area contributed by atoms with E-state index < -0.39 is 11.6 Å². The molecule has 0 aromatic heterocycles. The van der Waals surface area contributed by atoms with Crippen LogP contribution in [0.25, 0.3) is 0 Å². The molecule has 0 radical (unpaired) electrons. The van der Waals surface area contributed by atoms with Crippen LogP contribution in [0.2, 0.25) is 10.0 Å². The minimum absolute atomic E-state index is 0.200. The third kappa shape index (κ3) is 4.88. The van der Waals surface area contributed by atoms with E-state index in [0.717, 1.165) is 5.56 Å². The molecule has 0 spiro atoms. The lowest BCUT2D eigenvalue weighted by molar-refractivity contribution is 0.0505. The average molecular weight is 373 g/mol. The number of carboxylic acid groups (broad SMARTS) is 1. The van der Waals surface area contributed by atoms with E-state index >= 15 is 0 Å². The monoisotopic (exact) mass is 372 g/mol. The number of benzene rings is 1. The fourth-order valence-corrected chi connectivity index (χ4v) is 3.14. The third-order valence-corrected chi connectivity index (χ3v) is 4.53. The Balaban J connectivity index is 3.57. The number of hydrogen-bond acceptors (Lipinski definition) is 2. The highest BCUT2D eigenvalue weighted by atomic mass is 35.5. The molecule has 0 saturated carbocycles. The Hall–Kier alpha value is -1.23. The lowest BCUT2D eigenvalue weighted by Gasteiger charge is -2.45. The van der Waals surface area contributed by atoms with Gasteiger partial charge in [0.1, 0.15) is 0 Å². The number of nitrogens with zero attached hydrogens (tertiary/aromatic N) is 1. The fourth-order valence-electron chi connectivity index (χ4n) is 2.85. The van der Waals surface area contributed by atoms with E-state index in [9.17, 15) is 9.90 Å². The normalized spacial score (nSPS) is 14.1. The van der Waals surface area contributed by atoms with E-state index in [-0.39, 0.29) is 5.41 Å². The van der Waals surface area contributed by atoms with E-state index in [1.165, 1.54) is 4.90 Å². The van der Waals surface area contributed by atoms with Gasteiger partial charge in [-0.05, 0) is 36.6 Å². The van der Waals surface area contributed by atoms with Gasteiger partial charge in [-0.1, -0.05) is 56.1 Å². The van der Waals surface area contributed by atoms with Crippen LogP contribution in [0.1, 0.15) is 32.8 Å². The van der Waals surface area contributed by atoms with E-state index in [1.807, 2.05) is 26.8 Å². The lowest BCUT2D eigenvalue weighted by atomic mass is 9.82. The van der Waals surface area contributed by atoms with Gasteiger partial charge in [0.25, 0.3) is 0 Å². The van der Waals surface area contributed by atoms with Crippen LogP contribution >= 0.6 is 23.2 Å². The maximum absolute atomic E-state index is 12.1. The van der Waals surface area contributed by atoms with Gasteiger partial charge in [0.05, 0.1) is 15.6 Å². The summed E-state index contributed by atoms with van der Waals surface area (Å²) in [6, 6.07) is 5.26. The Morgan fingerprint density at radius 2 is 1.96 bits per heavy atom. The Bertz CT molecular complexity index is 599. The second-order valence-electron chi connectivity index (χ2n) is 7.11. The molecule has 0 heterocycles. The van der Waals surface area contributed by atoms with E-state index in [2.05, 4.69) is 11.9 Å². The van der Waals surface area contributed by atoms with Crippen LogP contribution in [0.4, 0.5) is 4.79 Å². The molecule has 24 heavy (non-hydrogen) atoms. The molecular formula is C18H26Cl2N2O2. The van der Waals surface area contributed by atoms with Crippen LogP contribution in [0, 0.1) is 5.41 Å². The van der Waals surface area contributed by atoms with Crippen LogP contribution in [0.15, 0.2) is 30.9 Å². The number of likely N-dealkylation sites (N-methyl/N-ethyl adjacent to an activating group) is 1. The molecule has 0 aliphatic rings. The summed E-state index contributed by atoms with van der Waals surface area (Å²) < 4.78 is 0. The van der Waals surface area contributed by atoms with Crippen molar-refractivity contribution >= 4 is 29.3 Å². The maximum Gasteiger partial charge on any atom is 0.408 e. The number of rotatable bonds is 7. The van der Waals surface area contributed by atoms with E-state index in [0.29, 0.717) is 29.6 Å². The number of amides is 1. The van der Waals surface area contributed by atoms with Crippen molar-refractivity contribution in [1.82, 2.24) is 10.2 Å². The first-order chi connectivity index (χ1) is 11.1. The highest BCUT2D eigenvalue weighted by Gasteiger charge is 2.42. The molecular weight excluding hydrogens is 347 g/mol. The van der Waals surface area contributed by atoms with Crippen molar-refractivity contribution in [3.05, 3.63) is 46.5 Å². The van der Waals surface area contributed by atoms with Crippen molar-refractivity contribution in [2.24, 2.45) is 5.41 Å². The number of halogens is 2. The zero-order chi connectivity index (χ0) is 18.5. The van der Waals surface area contributed by atoms with Crippen molar-refractivity contribution < 1.29 is 9.90 Å². The first kappa shape index (κ1) is 20.8. The van der Waals surface area contributed by atoms with Gasteiger partial charge in [-0.3, -0.25) is 4.90 Å². The summed E-state index contributed by atoms with van der Waals surface area (Å²) >= 11 is 12.2. The van der Waals surface area contributed by atoms with E-state index in [1.54, 1.807) is 25.3 Å². The highest BCUT2D eigenvalue weighted by Crippen LogP contribution is 2.37. The molecule has 1 aromatic carbocycles. The van der Waals surface area contributed by atoms with Gasteiger partial charge in [0.15, 0.2) is 0 Å². The fraction of sp³-hybridized carbons (Fsp3) is 0.500. The first-order valence-corrected chi connectivity index (χ1v) is 8.54. The zero-order valence-corrected chi connectivity index (χ0v) is 16.2. The minimum Gasteiger partial charge on any atom is -0.465 e. The quantitative estimate of drug-likeness (QED) is 0.661. The Kier molecular flexibility index (Phi) is 7.14. The average Bonchev–Trinajstić information content (AvgIpc) is 2.46. The predicted octanol–water partition coefficient (Wildman–Crippen LogP) is 5.01. The van der Waals surface area contributed by atoms with Crippen molar-refractivity contribution in [2.45, 2.75) is 32.7 Å². The third-order valence-electron chi connectivity index (χ3n) is 3.79. The molecule has 0 fully saturated rings. The second-order valence-corrected chi connectivity index (χ2v) is 7.93. The molecule has 1 atom stereocenters. The summed E-state index contributed by atoms with van der Waals surface area (Å²) in [7, 11) is 1.80. The molecule has 134 valence electrons. The first-order valence-electron chi connectivity index (χ1n) is 7.79. The summed E-state index contributed by atoms with van der Waals surface area (Å²) in [6.45, 7) is 10.7. The van der Waals surface area contributed by atoms with Gasteiger partial charge >= 0.3 is 6.09 Å². The number of hydrogen-bond donors (Lipinski definition) is 2. The molecule has 1 unspecified atom stereocenters. The molecule has 0 aliphatic carbocycles. The molecule has 0 aliphatic heterocycles. The second kappa shape index (κ2) is 8.24. The molecule has 2 N–H and O–H groups in total. The van der Waals surface area contributed by atoms with Crippen molar-refractivity contribution in [1.29, 1.82) is 0 Å². The van der Waals surface area contributed by atoms with Crippen LogP contribution < -0.4 is 5.32 Å². The Morgan fingerprint density at radius 3 is 2.38 bits per heavy atom. The Labute approximate surface area is 154 Å². The molecule has 6 heteroatoms. The standard InChI is InChI=1S/C18H26Cl2N2O2/c1-6-9-18(11-21-5,13-7-8-14(19)15(20)10-13)22(16(23)24)12-17(2,3)4/h6-8,10,21H,1,9,11-12H2,2-5H3,(H,23,24). The lowest BCUT2D eigenvalue weighted by Crippen LogP contribution is -2.56. The van der Waals surface area contributed by atoms with Crippen LogP contribution in [-0.2, 0) is 5.54 Å². The SMILES string of the molecule is C=CCC(CNC)(c1ccc(Cl)c(Cl)c1)N(CC(C)(C)C)C(=O)O. The summed E-state index contributed by atoms with van der Waals surface area (Å²) in [4.78, 5) is 13.6. The van der Waals surface area contributed by atoms with Crippen molar-refractivity contribution in [3.8, 4) is 0 Å². The van der Waals surface area contributed by atoms with Gasteiger partial charge in [0, 0.05) is 13.1 Å². The van der Waals surface area contributed by atoms with Gasteiger partial charge in [-0.2, -0.15) is 0 Å². The van der Waals surface area contributed by atoms with Gasteiger partial charge in [0.2, 0.25) is 0 Å². The van der Waals surface area contributed by atoms with Crippen molar-refractivity contribution in [2.75, 3.05) is 20.1 Å². The van der Waals surface area contributed by atoms with Crippen molar-refractivity contribution in [3.63, 3.8) is 0 Å². The molecule has 1 aromatic rings. The number of nitrogens with one attached hydrogen (secondary N) is 1. The van der Waals surface area contributed by atoms with Crippen LogP contribution in [-0.4, -0.2) is 36.2 Å². The smallest absolute Gasteiger partial charge is 0.408 e. The Morgan fingerprint density at radius 1 is 1.33 bits per heavy atom. The van der Waals surface area contributed by atoms with Gasteiger partial charge in [-0.15, -0.1) is 6.58 Å². The maximum atomic E-state index is 12.1. The number of carbonyl (C=O) groups is 1. The van der Waals surface area contributed by atoms with E-state index in [4.69, 9.17) is 23.2 Å². The van der Waals surface area contributed by atoms with Crippen LogP contribution in [0.3, 0.4) is 0 Å². The van der Waals surface area contributed by atoms with Crippen LogP contribution in [0.5, 0.6) is 0 Å².